The number of rotatable bonds is 2. The van der Waals surface area contributed by atoms with Gasteiger partial charge in [0.2, 0.25) is 0 Å². The van der Waals surface area contributed by atoms with Gasteiger partial charge in [-0.05, 0) is 12.1 Å². The first-order valence-corrected chi connectivity index (χ1v) is 7.31. The maximum Gasteiger partial charge on any atom is 0.363 e. The molecule has 0 fully saturated rings. The molecule has 0 saturated carbocycles. The maximum atomic E-state index is 13.3. The van der Waals surface area contributed by atoms with Crippen LogP contribution in [0.25, 0.3) is 22.5 Å². The smallest absolute Gasteiger partial charge is 0.266 e. The number of hydrogen-bond donors (Lipinski definition) is 1. The Morgan fingerprint density at radius 2 is 1.92 bits per heavy atom. The van der Waals surface area contributed by atoms with Gasteiger partial charge in [-0.2, -0.15) is 14.9 Å². The lowest BCUT2D eigenvalue weighted by atomic mass is 10.4. The van der Waals surface area contributed by atoms with E-state index in [0.717, 1.165) is 17.1 Å². The molecular weight excluding hydrogens is 349 g/mol. The SMILES string of the molecule is O=c1cnn(-c2ccc3nn(-c4cncc(F)c4)cc3n2)c(=O)n1S. The van der Waals surface area contributed by atoms with Crippen LogP contribution in [0.15, 0.2) is 52.6 Å². The lowest BCUT2D eigenvalue weighted by Gasteiger charge is -2.03. The van der Waals surface area contributed by atoms with Crippen LogP contribution in [0.4, 0.5) is 4.39 Å². The summed E-state index contributed by atoms with van der Waals surface area (Å²) in [7, 11) is 0. The molecule has 0 atom stereocenters. The fourth-order valence-corrected chi connectivity index (χ4v) is 2.36. The van der Waals surface area contributed by atoms with Crippen molar-refractivity contribution in [2.75, 3.05) is 0 Å². The number of pyridine rings is 2. The van der Waals surface area contributed by atoms with E-state index in [-0.39, 0.29) is 5.82 Å². The van der Waals surface area contributed by atoms with E-state index in [9.17, 15) is 14.0 Å². The highest BCUT2D eigenvalue weighted by molar-refractivity contribution is 7.78. The Morgan fingerprint density at radius 1 is 1.08 bits per heavy atom. The standard InChI is InChI=1S/C14H8FN7O2S/c15-8-3-9(5-16-4-8)20-7-11-10(19-20)1-2-12(18-11)21-14(24)22(25)13(23)6-17-21/h1-7,25H. The third kappa shape index (κ3) is 2.59. The van der Waals surface area contributed by atoms with Crippen LogP contribution in [-0.4, -0.2) is 33.5 Å². The molecule has 4 heterocycles. The molecular formula is C14H8FN7O2S. The van der Waals surface area contributed by atoms with Crippen LogP contribution in [-0.2, 0) is 0 Å². The summed E-state index contributed by atoms with van der Waals surface area (Å²) in [6.07, 6.45) is 5.07. The number of fused-ring (bicyclic) bond motifs is 1. The normalized spacial score (nSPS) is 11.1. The van der Waals surface area contributed by atoms with Crippen LogP contribution in [0.3, 0.4) is 0 Å². The van der Waals surface area contributed by atoms with Crippen molar-refractivity contribution in [2.24, 2.45) is 0 Å². The van der Waals surface area contributed by atoms with E-state index in [0.29, 0.717) is 20.7 Å². The molecule has 0 aliphatic carbocycles. The van der Waals surface area contributed by atoms with Gasteiger partial charge in [0.05, 0.1) is 24.3 Å². The van der Waals surface area contributed by atoms with E-state index in [1.54, 1.807) is 12.3 Å². The summed E-state index contributed by atoms with van der Waals surface area (Å²) in [5, 5.41) is 8.05. The van der Waals surface area contributed by atoms with Crippen molar-refractivity contribution in [3.63, 3.8) is 0 Å². The van der Waals surface area contributed by atoms with Crippen molar-refractivity contribution in [2.45, 2.75) is 0 Å². The molecule has 0 radical (unpaired) electrons. The van der Waals surface area contributed by atoms with Crippen LogP contribution < -0.4 is 11.2 Å². The molecule has 4 rings (SSSR count). The van der Waals surface area contributed by atoms with Gasteiger partial charge in [-0.3, -0.25) is 9.78 Å². The third-order valence-electron chi connectivity index (χ3n) is 3.37. The molecule has 0 saturated heterocycles. The molecule has 0 unspecified atom stereocenters. The molecule has 0 N–H and O–H groups in total. The molecule has 0 spiro atoms. The van der Waals surface area contributed by atoms with Crippen LogP contribution in [0.2, 0.25) is 0 Å². The number of thiol groups is 1. The highest BCUT2D eigenvalue weighted by Crippen LogP contribution is 2.15. The van der Waals surface area contributed by atoms with Gasteiger partial charge in [0.1, 0.15) is 23.0 Å². The van der Waals surface area contributed by atoms with Gasteiger partial charge >= 0.3 is 5.69 Å². The Labute approximate surface area is 143 Å². The number of halogens is 1. The molecule has 9 nitrogen and oxygen atoms in total. The Morgan fingerprint density at radius 3 is 2.72 bits per heavy atom. The first-order valence-electron chi connectivity index (χ1n) is 6.91. The lowest BCUT2D eigenvalue weighted by molar-refractivity contribution is 0.618. The number of nitrogens with zero attached hydrogens (tertiary/aromatic N) is 7. The van der Waals surface area contributed by atoms with Gasteiger partial charge in [-0.25, -0.2) is 22.8 Å². The van der Waals surface area contributed by atoms with Gasteiger partial charge in [0.15, 0.2) is 5.82 Å². The van der Waals surface area contributed by atoms with E-state index in [1.807, 2.05) is 0 Å². The van der Waals surface area contributed by atoms with Crippen molar-refractivity contribution >= 4 is 23.8 Å². The lowest BCUT2D eigenvalue weighted by Crippen LogP contribution is -2.36. The first kappa shape index (κ1) is 15.2. The summed E-state index contributed by atoms with van der Waals surface area (Å²) in [5.74, 6) is -0.297. The molecule has 4 aromatic rings. The summed E-state index contributed by atoms with van der Waals surface area (Å²) in [4.78, 5) is 31.5. The predicted octanol–water partition coefficient (Wildman–Crippen LogP) is 0.355. The average molecular weight is 357 g/mol. The second kappa shape index (κ2) is 5.63. The second-order valence-corrected chi connectivity index (χ2v) is 5.40. The minimum Gasteiger partial charge on any atom is -0.266 e. The topological polar surface area (TPSA) is 100 Å². The molecule has 0 aliphatic rings. The molecule has 11 heteroatoms. The first-order chi connectivity index (χ1) is 12.0. The van der Waals surface area contributed by atoms with Crippen molar-refractivity contribution in [1.82, 2.24) is 33.5 Å². The van der Waals surface area contributed by atoms with Crippen molar-refractivity contribution in [3.8, 4) is 11.5 Å². The predicted molar refractivity (Wildman–Crippen MR) is 88.7 cm³/mol. The zero-order valence-corrected chi connectivity index (χ0v) is 13.2. The summed E-state index contributed by atoms with van der Waals surface area (Å²) < 4.78 is 16.3. The maximum absolute atomic E-state index is 13.3. The Balaban J connectivity index is 1.85. The molecule has 25 heavy (non-hydrogen) atoms. The van der Waals surface area contributed by atoms with E-state index < -0.39 is 17.1 Å². The zero-order valence-electron chi connectivity index (χ0n) is 12.3. The molecule has 0 aliphatic heterocycles. The molecule has 4 aromatic heterocycles. The Bertz CT molecular complexity index is 1230. The van der Waals surface area contributed by atoms with Crippen molar-refractivity contribution in [3.05, 3.63) is 69.6 Å². The van der Waals surface area contributed by atoms with E-state index in [1.165, 1.54) is 23.0 Å². The minimum atomic E-state index is -0.746. The summed E-state index contributed by atoms with van der Waals surface area (Å²) >= 11 is 3.81. The fourth-order valence-electron chi connectivity index (χ4n) is 2.23. The van der Waals surface area contributed by atoms with Gasteiger partial charge in [-0.1, -0.05) is 12.8 Å². The van der Waals surface area contributed by atoms with Crippen molar-refractivity contribution in [1.29, 1.82) is 0 Å². The van der Waals surface area contributed by atoms with Crippen LogP contribution >= 0.6 is 12.8 Å². The Hall–Kier alpha value is -3.34. The van der Waals surface area contributed by atoms with Crippen LogP contribution in [0.1, 0.15) is 0 Å². The molecule has 0 aromatic carbocycles. The third-order valence-corrected chi connectivity index (χ3v) is 3.74. The second-order valence-electron chi connectivity index (χ2n) is 5.00. The van der Waals surface area contributed by atoms with Gasteiger partial charge < -0.3 is 0 Å². The zero-order chi connectivity index (χ0) is 17.6. The minimum absolute atomic E-state index is 0.192. The van der Waals surface area contributed by atoms with E-state index in [4.69, 9.17) is 0 Å². The van der Waals surface area contributed by atoms with E-state index in [2.05, 4.69) is 33.0 Å². The van der Waals surface area contributed by atoms with Gasteiger partial charge in [-0.15, -0.1) is 0 Å². The summed E-state index contributed by atoms with van der Waals surface area (Å²) in [6, 6.07) is 4.43. The van der Waals surface area contributed by atoms with Gasteiger partial charge in [0.25, 0.3) is 5.56 Å². The number of hydrogen-bond acceptors (Lipinski definition) is 7. The number of aromatic nitrogens is 7. The Kier molecular flexibility index (Phi) is 3.42. The highest BCUT2D eigenvalue weighted by atomic mass is 32.1. The molecule has 0 amide bonds. The summed E-state index contributed by atoms with van der Waals surface area (Å²) in [5.41, 5.74) is 0.0212. The summed E-state index contributed by atoms with van der Waals surface area (Å²) in [6.45, 7) is 0. The average Bonchev–Trinajstić information content (AvgIpc) is 3.03. The monoisotopic (exact) mass is 357 g/mol. The van der Waals surface area contributed by atoms with E-state index >= 15 is 0 Å². The fraction of sp³-hybridized carbons (Fsp3) is 0. The highest BCUT2D eigenvalue weighted by Gasteiger charge is 2.10. The molecule has 124 valence electrons. The van der Waals surface area contributed by atoms with Crippen molar-refractivity contribution < 1.29 is 4.39 Å². The quantitative estimate of drug-likeness (QED) is 0.520. The largest absolute Gasteiger partial charge is 0.363 e. The molecule has 0 bridgehead atoms. The van der Waals surface area contributed by atoms with Crippen LogP contribution in [0.5, 0.6) is 0 Å². The van der Waals surface area contributed by atoms with Crippen LogP contribution in [0, 0.1) is 5.82 Å². The van der Waals surface area contributed by atoms with Gasteiger partial charge in [0, 0.05) is 6.07 Å².